The van der Waals surface area contributed by atoms with E-state index in [4.69, 9.17) is 5.73 Å². The first-order valence-corrected chi connectivity index (χ1v) is 4.49. The second-order valence-electron chi connectivity index (χ2n) is 3.11. The van der Waals surface area contributed by atoms with E-state index in [0.717, 1.165) is 6.07 Å². The van der Waals surface area contributed by atoms with Crippen molar-refractivity contribution >= 4 is 17.9 Å². The molecule has 0 atom stereocenters. The molecule has 1 aromatic heterocycles. The Hall–Kier alpha value is -2.77. The lowest BCUT2D eigenvalue weighted by Crippen LogP contribution is -2.13. The number of nitrogen functional groups attached to an aromatic ring is 1. The third-order valence-electron chi connectivity index (χ3n) is 1.89. The summed E-state index contributed by atoms with van der Waals surface area (Å²) < 4.78 is 4.45. The van der Waals surface area contributed by atoms with Crippen LogP contribution >= 0.6 is 0 Å². The monoisotopic (exact) mass is 236 g/mol. The molecule has 8 nitrogen and oxygen atoms in total. The first kappa shape index (κ1) is 10.7. The van der Waals surface area contributed by atoms with Crippen LogP contribution in [-0.4, -0.2) is 26.3 Å². The average Bonchev–Trinajstić information content (AvgIpc) is 2.67. The zero-order valence-electron chi connectivity index (χ0n) is 8.41. The molecule has 0 saturated carbocycles. The van der Waals surface area contributed by atoms with Crippen LogP contribution in [0.3, 0.4) is 0 Å². The van der Waals surface area contributed by atoms with E-state index in [2.05, 4.69) is 20.0 Å². The maximum absolute atomic E-state index is 11.7. The van der Waals surface area contributed by atoms with Gasteiger partial charge in [-0.1, -0.05) is 0 Å². The largest absolute Gasteiger partial charge is 0.508 e. The molecule has 0 saturated heterocycles. The Labute approximate surface area is 94.7 Å². The molecule has 0 aliphatic heterocycles. The second-order valence-corrected chi connectivity index (χ2v) is 3.11. The Bertz CT molecular complexity index is 566. The summed E-state index contributed by atoms with van der Waals surface area (Å²) in [6, 6.07) is 3.35. The smallest absolute Gasteiger partial charge is 0.320 e. The number of carbonyl (C=O) groups is 1. The zero-order chi connectivity index (χ0) is 12.4. The molecule has 0 radical (unpaired) electrons. The van der Waals surface area contributed by atoms with Crippen molar-refractivity contribution < 1.29 is 19.5 Å². The van der Waals surface area contributed by atoms with Crippen LogP contribution in [0, 0.1) is 0 Å². The van der Waals surface area contributed by atoms with Crippen molar-refractivity contribution in [2.45, 2.75) is 0 Å². The highest BCUT2D eigenvalue weighted by Gasteiger charge is 2.14. The van der Waals surface area contributed by atoms with E-state index in [9.17, 15) is 15.0 Å². The molecular weight excluding hydrogens is 228 g/mol. The lowest BCUT2D eigenvalue weighted by molar-refractivity contribution is 0.102. The predicted molar refractivity (Wildman–Crippen MR) is 56.4 cm³/mol. The number of aromatic nitrogens is 2. The van der Waals surface area contributed by atoms with Gasteiger partial charge in [-0.3, -0.25) is 10.1 Å². The standard InChI is InChI=1S/C9H8N4O4/c10-8-12-9(13-17-8)11-7(16)5-3-4(14)1-2-6(5)15/h1-3,14-15H,(H3,10,11,12,13,16). The fourth-order valence-corrected chi connectivity index (χ4v) is 1.16. The van der Waals surface area contributed by atoms with Crippen LogP contribution in [0.4, 0.5) is 12.0 Å². The topological polar surface area (TPSA) is 134 Å². The van der Waals surface area contributed by atoms with E-state index >= 15 is 0 Å². The molecule has 8 heteroatoms. The van der Waals surface area contributed by atoms with Crippen molar-refractivity contribution in [2.24, 2.45) is 0 Å². The van der Waals surface area contributed by atoms with Gasteiger partial charge in [-0.05, 0) is 23.4 Å². The van der Waals surface area contributed by atoms with Crippen LogP contribution in [0.15, 0.2) is 22.7 Å². The van der Waals surface area contributed by atoms with E-state index in [1.807, 2.05) is 0 Å². The summed E-state index contributed by atoms with van der Waals surface area (Å²) in [6.45, 7) is 0. The van der Waals surface area contributed by atoms with Crippen molar-refractivity contribution in [3.63, 3.8) is 0 Å². The molecule has 88 valence electrons. The van der Waals surface area contributed by atoms with Crippen molar-refractivity contribution in [1.29, 1.82) is 0 Å². The van der Waals surface area contributed by atoms with Gasteiger partial charge in [-0.25, -0.2) is 0 Å². The van der Waals surface area contributed by atoms with Gasteiger partial charge in [0.15, 0.2) is 0 Å². The highest BCUT2D eigenvalue weighted by Crippen LogP contribution is 2.22. The van der Waals surface area contributed by atoms with Crippen molar-refractivity contribution in [3.8, 4) is 11.5 Å². The highest BCUT2D eigenvalue weighted by atomic mass is 16.5. The number of phenols is 2. The van der Waals surface area contributed by atoms with E-state index in [-0.39, 0.29) is 29.0 Å². The number of hydrogen-bond acceptors (Lipinski definition) is 7. The number of aromatic hydroxyl groups is 2. The number of hydrogen-bond donors (Lipinski definition) is 4. The quantitative estimate of drug-likeness (QED) is 0.551. The molecule has 0 bridgehead atoms. The first-order valence-electron chi connectivity index (χ1n) is 4.49. The third kappa shape index (κ3) is 2.25. The Balaban J connectivity index is 2.22. The number of nitrogens with zero attached hydrogens (tertiary/aromatic N) is 2. The van der Waals surface area contributed by atoms with Gasteiger partial charge in [0.05, 0.1) is 5.56 Å². The van der Waals surface area contributed by atoms with Crippen molar-refractivity contribution in [3.05, 3.63) is 23.8 Å². The molecule has 0 fully saturated rings. The van der Waals surface area contributed by atoms with Crippen LogP contribution < -0.4 is 11.1 Å². The number of anilines is 2. The third-order valence-corrected chi connectivity index (χ3v) is 1.89. The van der Waals surface area contributed by atoms with Gasteiger partial charge in [0.25, 0.3) is 11.9 Å². The molecule has 17 heavy (non-hydrogen) atoms. The number of rotatable bonds is 2. The summed E-state index contributed by atoms with van der Waals surface area (Å²) in [6.07, 6.45) is 0. The van der Waals surface area contributed by atoms with E-state index in [1.54, 1.807) is 0 Å². The zero-order valence-corrected chi connectivity index (χ0v) is 8.41. The average molecular weight is 236 g/mol. The Morgan fingerprint density at radius 2 is 2.18 bits per heavy atom. The second kappa shape index (κ2) is 4.00. The summed E-state index contributed by atoms with van der Waals surface area (Å²) >= 11 is 0. The van der Waals surface area contributed by atoms with Crippen LogP contribution in [0.25, 0.3) is 0 Å². The first-order chi connectivity index (χ1) is 8.06. The van der Waals surface area contributed by atoms with Gasteiger partial charge >= 0.3 is 6.01 Å². The van der Waals surface area contributed by atoms with Gasteiger partial charge in [-0.15, -0.1) is 0 Å². The van der Waals surface area contributed by atoms with Gasteiger partial charge in [0, 0.05) is 0 Å². The Kier molecular flexibility index (Phi) is 2.53. The van der Waals surface area contributed by atoms with Crippen molar-refractivity contribution in [2.75, 3.05) is 11.1 Å². The Morgan fingerprint density at radius 3 is 2.82 bits per heavy atom. The summed E-state index contributed by atoms with van der Waals surface area (Å²) in [5, 5.41) is 24.2. The summed E-state index contributed by atoms with van der Waals surface area (Å²) in [4.78, 5) is 15.2. The van der Waals surface area contributed by atoms with E-state index < -0.39 is 5.91 Å². The fraction of sp³-hybridized carbons (Fsp3) is 0. The fourth-order valence-electron chi connectivity index (χ4n) is 1.16. The number of carbonyl (C=O) groups excluding carboxylic acids is 1. The molecule has 0 aliphatic rings. The van der Waals surface area contributed by atoms with Crippen LogP contribution in [-0.2, 0) is 0 Å². The Morgan fingerprint density at radius 1 is 1.41 bits per heavy atom. The summed E-state index contributed by atoms with van der Waals surface area (Å²) in [5.74, 6) is -1.26. The summed E-state index contributed by atoms with van der Waals surface area (Å²) in [5.41, 5.74) is 5.05. The molecule has 5 N–H and O–H groups in total. The molecular formula is C9H8N4O4. The minimum atomic E-state index is -0.695. The summed E-state index contributed by atoms with van der Waals surface area (Å²) in [7, 11) is 0. The molecule has 0 aliphatic carbocycles. The number of nitrogens with two attached hydrogens (primary N) is 1. The van der Waals surface area contributed by atoms with Crippen LogP contribution in [0.1, 0.15) is 10.4 Å². The molecule has 1 amide bonds. The number of benzene rings is 1. The predicted octanol–water partition coefficient (Wildman–Crippen LogP) is 0.315. The maximum atomic E-state index is 11.7. The highest BCUT2D eigenvalue weighted by molar-refractivity contribution is 6.05. The van der Waals surface area contributed by atoms with Gasteiger partial charge in [0.2, 0.25) is 0 Å². The number of nitrogens with one attached hydrogen (secondary N) is 1. The lowest BCUT2D eigenvalue weighted by Gasteiger charge is -2.03. The SMILES string of the molecule is Nc1nc(NC(=O)c2cc(O)ccc2O)no1. The molecule has 1 heterocycles. The van der Waals surface area contributed by atoms with Gasteiger partial charge in [-0.2, -0.15) is 4.98 Å². The van der Waals surface area contributed by atoms with Crippen LogP contribution in [0.5, 0.6) is 11.5 Å². The molecule has 0 spiro atoms. The van der Waals surface area contributed by atoms with E-state index in [0.29, 0.717) is 0 Å². The minimum absolute atomic E-state index is 0.117. The molecule has 2 aromatic rings. The van der Waals surface area contributed by atoms with E-state index in [1.165, 1.54) is 12.1 Å². The van der Waals surface area contributed by atoms with Gasteiger partial charge < -0.3 is 20.5 Å². The molecule has 2 rings (SSSR count). The minimum Gasteiger partial charge on any atom is -0.508 e. The van der Waals surface area contributed by atoms with Crippen LogP contribution in [0.2, 0.25) is 0 Å². The number of amides is 1. The lowest BCUT2D eigenvalue weighted by atomic mass is 10.2. The normalized spacial score (nSPS) is 10.1. The molecule has 0 unspecified atom stereocenters. The van der Waals surface area contributed by atoms with Gasteiger partial charge in [0.1, 0.15) is 11.5 Å². The number of phenolic OH excluding ortho intramolecular Hbond substituents is 2. The van der Waals surface area contributed by atoms with Crippen molar-refractivity contribution in [1.82, 2.24) is 10.1 Å². The molecule has 1 aromatic carbocycles. The maximum Gasteiger partial charge on any atom is 0.320 e.